The van der Waals surface area contributed by atoms with Crippen molar-refractivity contribution in [1.29, 1.82) is 0 Å². The smallest absolute Gasteiger partial charge is 0.410 e. The molecule has 1 fully saturated rings. The van der Waals surface area contributed by atoms with Gasteiger partial charge in [0.05, 0.1) is 17.6 Å². The molecule has 9 heteroatoms. The number of nitro benzene ring substituents is 1. The van der Waals surface area contributed by atoms with Crippen molar-refractivity contribution in [3.8, 4) is 5.75 Å². The molecule has 0 aromatic heterocycles. The van der Waals surface area contributed by atoms with Gasteiger partial charge < -0.3 is 19.3 Å². The molecule has 1 aromatic carbocycles. The third-order valence-electron chi connectivity index (χ3n) is 4.12. The van der Waals surface area contributed by atoms with Gasteiger partial charge >= 0.3 is 6.09 Å². The molecule has 28 heavy (non-hydrogen) atoms. The number of carbonyl (C=O) groups is 2. The Hall–Kier alpha value is -2.84. The van der Waals surface area contributed by atoms with E-state index in [1.54, 1.807) is 21.9 Å². The van der Waals surface area contributed by atoms with Crippen LogP contribution in [-0.2, 0) is 9.53 Å². The molecule has 0 atom stereocenters. The monoisotopic (exact) mass is 393 g/mol. The van der Waals surface area contributed by atoms with Crippen LogP contribution < -0.4 is 4.74 Å². The topological polar surface area (TPSA) is 102 Å². The predicted molar refractivity (Wildman–Crippen MR) is 102 cm³/mol. The van der Waals surface area contributed by atoms with E-state index in [-0.39, 0.29) is 17.7 Å². The summed E-state index contributed by atoms with van der Waals surface area (Å²) in [6, 6.07) is 5.96. The molecule has 9 nitrogen and oxygen atoms in total. The highest BCUT2D eigenvalue weighted by Crippen LogP contribution is 2.19. The highest BCUT2D eigenvalue weighted by molar-refractivity contribution is 5.76. The molecule has 1 aromatic rings. The van der Waals surface area contributed by atoms with E-state index in [1.165, 1.54) is 12.1 Å². The summed E-state index contributed by atoms with van der Waals surface area (Å²) in [5.74, 6) is 0.416. The Morgan fingerprint density at radius 1 is 1.14 bits per heavy atom. The van der Waals surface area contributed by atoms with Gasteiger partial charge in [-0.1, -0.05) is 6.07 Å². The summed E-state index contributed by atoms with van der Waals surface area (Å²) in [4.78, 5) is 38.0. The number of nitrogens with zero attached hydrogens (tertiary/aromatic N) is 3. The zero-order chi connectivity index (χ0) is 20.7. The van der Waals surface area contributed by atoms with Crippen molar-refractivity contribution in [3.63, 3.8) is 0 Å². The lowest BCUT2D eigenvalue weighted by atomic mass is 10.2. The lowest BCUT2D eigenvalue weighted by molar-refractivity contribution is -0.384. The van der Waals surface area contributed by atoms with Crippen LogP contribution >= 0.6 is 0 Å². The number of carbonyl (C=O) groups excluding carboxylic acids is 2. The summed E-state index contributed by atoms with van der Waals surface area (Å²) in [5, 5.41) is 10.7. The van der Waals surface area contributed by atoms with Crippen molar-refractivity contribution in [2.75, 3.05) is 32.8 Å². The molecule has 2 amide bonds. The summed E-state index contributed by atoms with van der Waals surface area (Å²) >= 11 is 0. The van der Waals surface area contributed by atoms with Gasteiger partial charge in [-0.05, 0) is 33.3 Å². The summed E-state index contributed by atoms with van der Waals surface area (Å²) in [5.41, 5.74) is -0.570. The van der Waals surface area contributed by atoms with Crippen LogP contribution in [0.3, 0.4) is 0 Å². The van der Waals surface area contributed by atoms with Gasteiger partial charge in [0, 0.05) is 38.7 Å². The number of ether oxygens (including phenoxy) is 2. The van der Waals surface area contributed by atoms with Crippen LogP contribution in [0.15, 0.2) is 24.3 Å². The van der Waals surface area contributed by atoms with Crippen molar-refractivity contribution in [2.45, 2.75) is 39.2 Å². The molecule has 0 aliphatic carbocycles. The van der Waals surface area contributed by atoms with Gasteiger partial charge in [0.15, 0.2) is 0 Å². The Morgan fingerprint density at radius 2 is 1.79 bits per heavy atom. The number of nitro groups is 1. The first-order valence-corrected chi connectivity index (χ1v) is 9.29. The Labute approximate surface area is 164 Å². The van der Waals surface area contributed by atoms with Crippen molar-refractivity contribution >= 4 is 17.7 Å². The van der Waals surface area contributed by atoms with Crippen LogP contribution in [0.25, 0.3) is 0 Å². The molecule has 0 spiro atoms. The highest BCUT2D eigenvalue weighted by atomic mass is 16.6. The average molecular weight is 393 g/mol. The Kier molecular flexibility index (Phi) is 7.19. The van der Waals surface area contributed by atoms with Gasteiger partial charge in [0.25, 0.3) is 5.69 Å². The SMILES string of the molecule is CC(C)(C)OC(=O)N1CCN(C(=O)CCCOc2cccc([N+](=O)[O-])c2)CC1. The zero-order valence-electron chi connectivity index (χ0n) is 16.6. The fourth-order valence-corrected chi connectivity index (χ4v) is 2.72. The lowest BCUT2D eigenvalue weighted by Crippen LogP contribution is -2.51. The van der Waals surface area contributed by atoms with E-state index in [9.17, 15) is 19.7 Å². The van der Waals surface area contributed by atoms with Crippen LogP contribution in [0.4, 0.5) is 10.5 Å². The third kappa shape index (κ3) is 6.71. The second kappa shape index (κ2) is 9.38. The van der Waals surface area contributed by atoms with Crippen LogP contribution in [0, 0.1) is 10.1 Å². The molecule has 0 bridgehead atoms. The maximum atomic E-state index is 12.3. The van der Waals surface area contributed by atoms with Crippen LogP contribution in [0.5, 0.6) is 5.75 Å². The minimum atomic E-state index is -0.538. The van der Waals surface area contributed by atoms with Gasteiger partial charge in [-0.25, -0.2) is 4.79 Å². The third-order valence-corrected chi connectivity index (χ3v) is 4.12. The molecule has 0 radical (unpaired) electrons. The number of amides is 2. The molecular formula is C19H27N3O6. The van der Waals surface area contributed by atoms with Gasteiger partial charge in [-0.3, -0.25) is 14.9 Å². The first-order chi connectivity index (χ1) is 13.2. The van der Waals surface area contributed by atoms with E-state index < -0.39 is 10.5 Å². The molecule has 1 heterocycles. The number of benzene rings is 1. The number of non-ortho nitro benzene ring substituents is 1. The molecule has 0 saturated carbocycles. The summed E-state index contributed by atoms with van der Waals surface area (Å²) in [6.07, 6.45) is 0.472. The van der Waals surface area contributed by atoms with E-state index in [0.717, 1.165) is 0 Å². The van der Waals surface area contributed by atoms with Gasteiger partial charge in [0.2, 0.25) is 5.91 Å². The Morgan fingerprint density at radius 3 is 2.39 bits per heavy atom. The van der Waals surface area contributed by atoms with Gasteiger partial charge in [0.1, 0.15) is 11.4 Å². The fourth-order valence-electron chi connectivity index (χ4n) is 2.72. The normalized spacial score (nSPS) is 14.5. The minimum Gasteiger partial charge on any atom is -0.493 e. The van der Waals surface area contributed by atoms with Crippen molar-refractivity contribution < 1.29 is 24.0 Å². The molecule has 154 valence electrons. The highest BCUT2D eigenvalue weighted by Gasteiger charge is 2.27. The van der Waals surface area contributed by atoms with E-state index in [4.69, 9.17) is 9.47 Å². The average Bonchev–Trinajstić information content (AvgIpc) is 2.64. The number of hydrogen-bond donors (Lipinski definition) is 0. The maximum Gasteiger partial charge on any atom is 0.410 e. The summed E-state index contributed by atoms with van der Waals surface area (Å²) < 4.78 is 10.8. The lowest BCUT2D eigenvalue weighted by Gasteiger charge is -2.35. The van der Waals surface area contributed by atoms with Crippen molar-refractivity contribution in [1.82, 2.24) is 9.80 Å². The largest absolute Gasteiger partial charge is 0.493 e. The van der Waals surface area contributed by atoms with Gasteiger partial charge in [-0.2, -0.15) is 0 Å². The summed E-state index contributed by atoms with van der Waals surface area (Å²) in [6.45, 7) is 7.61. The quantitative estimate of drug-likeness (QED) is 0.418. The van der Waals surface area contributed by atoms with Gasteiger partial charge in [-0.15, -0.1) is 0 Å². The Bertz CT molecular complexity index is 708. The number of piperazine rings is 1. The molecule has 2 rings (SSSR count). The molecule has 0 unspecified atom stereocenters. The molecule has 0 N–H and O–H groups in total. The van der Waals surface area contributed by atoms with Crippen LogP contribution in [0.2, 0.25) is 0 Å². The number of rotatable bonds is 6. The van der Waals surface area contributed by atoms with E-state index in [2.05, 4.69) is 0 Å². The summed E-state index contributed by atoms with van der Waals surface area (Å²) in [7, 11) is 0. The molecular weight excluding hydrogens is 366 g/mol. The first kappa shape index (κ1) is 21.5. The molecule has 1 aliphatic rings. The Balaban J connectivity index is 1.68. The van der Waals surface area contributed by atoms with Crippen LogP contribution in [0.1, 0.15) is 33.6 Å². The second-order valence-electron chi connectivity index (χ2n) is 7.55. The van der Waals surface area contributed by atoms with E-state index in [0.29, 0.717) is 51.4 Å². The van der Waals surface area contributed by atoms with Crippen molar-refractivity contribution in [3.05, 3.63) is 34.4 Å². The fraction of sp³-hybridized carbons (Fsp3) is 0.579. The zero-order valence-corrected chi connectivity index (χ0v) is 16.6. The molecule has 1 aliphatic heterocycles. The minimum absolute atomic E-state index is 0.00600. The van der Waals surface area contributed by atoms with E-state index >= 15 is 0 Å². The second-order valence-corrected chi connectivity index (χ2v) is 7.55. The first-order valence-electron chi connectivity index (χ1n) is 9.29. The van der Waals surface area contributed by atoms with Crippen molar-refractivity contribution in [2.24, 2.45) is 0 Å². The number of hydrogen-bond acceptors (Lipinski definition) is 6. The van der Waals surface area contributed by atoms with Crippen LogP contribution in [-0.4, -0.2) is 65.1 Å². The molecule has 1 saturated heterocycles. The maximum absolute atomic E-state index is 12.3. The standard InChI is InChI=1S/C19H27N3O6/c1-19(2,3)28-18(24)21-11-9-20(10-12-21)17(23)8-5-13-27-16-7-4-6-15(14-16)22(25)26/h4,6-7,14H,5,8-13H2,1-3H3. The van der Waals surface area contributed by atoms with E-state index in [1.807, 2.05) is 20.8 Å². The predicted octanol–water partition coefficient (Wildman–Crippen LogP) is 2.83.